The number of aromatic amines is 1. The predicted octanol–water partition coefficient (Wildman–Crippen LogP) is 0.486. The van der Waals surface area contributed by atoms with Gasteiger partial charge in [0.05, 0.1) is 5.56 Å². The lowest BCUT2D eigenvalue weighted by Gasteiger charge is -2.26. The minimum Gasteiger partial charge on any atom is -0.345 e. The number of fused-ring (bicyclic) bond motifs is 1. The Labute approximate surface area is 116 Å². The van der Waals surface area contributed by atoms with E-state index in [1.165, 1.54) is 0 Å². The maximum atomic E-state index is 12.4. The molecule has 0 saturated carbocycles. The smallest absolute Gasteiger partial charge is 0.295 e. The van der Waals surface area contributed by atoms with E-state index in [-0.39, 0.29) is 0 Å². The number of amides is 1. The third kappa shape index (κ3) is 2.08. The second-order valence-electron chi connectivity index (χ2n) is 4.93. The number of Topliss-reactive ketones (excluding diaryl/α,β-unsaturated/α-hetero) is 1. The Morgan fingerprint density at radius 1 is 1.30 bits per heavy atom. The van der Waals surface area contributed by atoms with Gasteiger partial charge in [-0.15, -0.1) is 0 Å². The van der Waals surface area contributed by atoms with Crippen molar-refractivity contribution in [2.24, 2.45) is 0 Å². The van der Waals surface area contributed by atoms with Crippen molar-refractivity contribution in [2.75, 3.05) is 26.2 Å². The summed E-state index contributed by atoms with van der Waals surface area (Å²) in [6.07, 6.45) is 3.26. The molecule has 0 spiro atoms. The number of carbonyl (C=O) groups is 2. The minimum atomic E-state index is -0.464. The minimum absolute atomic E-state index is 0.411. The highest BCUT2D eigenvalue weighted by molar-refractivity contribution is 6.44. The molecule has 0 unspecified atom stereocenters. The van der Waals surface area contributed by atoms with E-state index in [1.54, 1.807) is 17.3 Å². The Hall–Kier alpha value is -2.21. The van der Waals surface area contributed by atoms with E-state index in [2.05, 4.69) is 15.3 Å². The summed E-state index contributed by atoms with van der Waals surface area (Å²) in [5, 5.41) is 3.90. The Bertz CT molecular complexity index is 671. The third-order valence-corrected chi connectivity index (χ3v) is 3.62. The van der Waals surface area contributed by atoms with E-state index in [0.29, 0.717) is 24.3 Å². The van der Waals surface area contributed by atoms with Gasteiger partial charge in [-0.25, -0.2) is 4.98 Å². The number of aromatic nitrogens is 2. The van der Waals surface area contributed by atoms with E-state index in [1.807, 2.05) is 13.0 Å². The van der Waals surface area contributed by atoms with Crippen molar-refractivity contribution in [3.63, 3.8) is 0 Å². The average molecular weight is 272 g/mol. The summed E-state index contributed by atoms with van der Waals surface area (Å²) in [6.45, 7) is 4.51. The lowest BCUT2D eigenvalue weighted by atomic mass is 10.1. The molecule has 6 nitrogen and oxygen atoms in total. The molecule has 0 atom stereocenters. The molecule has 0 aliphatic carbocycles. The van der Waals surface area contributed by atoms with Crippen LogP contribution >= 0.6 is 0 Å². The van der Waals surface area contributed by atoms with Crippen LogP contribution in [0.15, 0.2) is 18.5 Å². The van der Waals surface area contributed by atoms with Gasteiger partial charge in [0.15, 0.2) is 0 Å². The first-order valence-corrected chi connectivity index (χ1v) is 6.65. The Morgan fingerprint density at radius 2 is 2.05 bits per heavy atom. The molecule has 3 heterocycles. The maximum absolute atomic E-state index is 12.4. The van der Waals surface area contributed by atoms with Crippen molar-refractivity contribution < 1.29 is 9.59 Å². The van der Waals surface area contributed by atoms with Crippen molar-refractivity contribution in [1.82, 2.24) is 20.2 Å². The number of aryl methyl sites for hydroxylation is 1. The third-order valence-electron chi connectivity index (χ3n) is 3.62. The van der Waals surface area contributed by atoms with Crippen molar-refractivity contribution in [3.05, 3.63) is 29.6 Å². The van der Waals surface area contributed by atoms with Gasteiger partial charge in [0, 0.05) is 44.0 Å². The molecule has 1 aliphatic heterocycles. The predicted molar refractivity (Wildman–Crippen MR) is 74.6 cm³/mol. The second-order valence-corrected chi connectivity index (χ2v) is 4.93. The van der Waals surface area contributed by atoms with Gasteiger partial charge in [0.25, 0.3) is 11.7 Å². The summed E-state index contributed by atoms with van der Waals surface area (Å²) in [5.41, 5.74) is 1.99. The highest BCUT2D eigenvalue weighted by Gasteiger charge is 2.26. The summed E-state index contributed by atoms with van der Waals surface area (Å²) in [6, 6.07) is 1.84. The van der Waals surface area contributed by atoms with Crippen LogP contribution in [0.2, 0.25) is 0 Å². The number of piperazine rings is 1. The van der Waals surface area contributed by atoms with Crippen LogP contribution in [0.3, 0.4) is 0 Å². The zero-order chi connectivity index (χ0) is 14.1. The van der Waals surface area contributed by atoms with Crippen LogP contribution in [0, 0.1) is 6.92 Å². The molecule has 0 radical (unpaired) electrons. The second kappa shape index (κ2) is 5.05. The number of H-pyrrole nitrogens is 1. The SMILES string of the molecule is Cc1ccnc2[nH]cc(C(=O)C(=O)N3CCNCC3)c12. The van der Waals surface area contributed by atoms with E-state index in [4.69, 9.17) is 0 Å². The van der Waals surface area contributed by atoms with Crippen LogP contribution in [0.4, 0.5) is 0 Å². The molecule has 0 aromatic carbocycles. The van der Waals surface area contributed by atoms with Crippen LogP contribution in [0.25, 0.3) is 11.0 Å². The highest BCUT2D eigenvalue weighted by atomic mass is 16.2. The van der Waals surface area contributed by atoms with Gasteiger partial charge in [-0.3, -0.25) is 9.59 Å². The zero-order valence-electron chi connectivity index (χ0n) is 11.3. The number of pyridine rings is 1. The van der Waals surface area contributed by atoms with E-state index in [9.17, 15) is 9.59 Å². The number of ketones is 1. The fourth-order valence-electron chi connectivity index (χ4n) is 2.53. The van der Waals surface area contributed by atoms with Gasteiger partial charge < -0.3 is 15.2 Å². The first kappa shape index (κ1) is 12.8. The van der Waals surface area contributed by atoms with Crippen molar-refractivity contribution >= 4 is 22.7 Å². The molecule has 1 amide bonds. The molecule has 2 aromatic heterocycles. The monoisotopic (exact) mass is 272 g/mol. The summed E-state index contributed by atoms with van der Waals surface area (Å²) < 4.78 is 0. The molecule has 2 N–H and O–H groups in total. The summed E-state index contributed by atoms with van der Waals surface area (Å²) in [5.74, 6) is -0.898. The van der Waals surface area contributed by atoms with Gasteiger partial charge in [-0.05, 0) is 18.6 Å². The maximum Gasteiger partial charge on any atom is 0.295 e. The van der Waals surface area contributed by atoms with Crippen LogP contribution in [-0.2, 0) is 4.79 Å². The topological polar surface area (TPSA) is 78.1 Å². The molecule has 104 valence electrons. The van der Waals surface area contributed by atoms with Gasteiger partial charge in [-0.2, -0.15) is 0 Å². The van der Waals surface area contributed by atoms with Gasteiger partial charge in [0.1, 0.15) is 5.65 Å². The number of hydrogen-bond acceptors (Lipinski definition) is 4. The van der Waals surface area contributed by atoms with Crippen molar-refractivity contribution in [1.29, 1.82) is 0 Å². The molecular weight excluding hydrogens is 256 g/mol. The normalized spacial score (nSPS) is 15.6. The number of hydrogen-bond donors (Lipinski definition) is 2. The lowest BCUT2D eigenvalue weighted by Crippen LogP contribution is -2.48. The fraction of sp³-hybridized carbons (Fsp3) is 0.357. The quantitative estimate of drug-likeness (QED) is 0.616. The van der Waals surface area contributed by atoms with Crippen LogP contribution < -0.4 is 5.32 Å². The average Bonchev–Trinajstić information content (AvgIpc) is 2.92. The number of rotatable bonds is 2. The number of nitrogens with zero attached hydrogens (tertiary/aromatic N) is 2. The van der Waals surface area contributed by atoms with Crippen LogP contribution in [0.1, 0.15) is 15.9 Å². The Kier molecular flexibility index (Phi) is 3.23. The first-order valence-electron chi connectivity index (χ1n) is 6.65. The molecule has 1 saturated heterocycles. The lowest BCUT2D eigenvalue weighted by molar-refractivity contribution is -0.126. The standard InChI is InChI=1S/C14H16N4O2/c1-9-2-3-16-13-11(9)10(8-17-13)12(19)14(20)18-6-4-15-5-7-18/h2-3,8,15H,4-7H2,1H3,(H,16,17). The summed E-state index contributed by atoms with van der Waals surface area (Å²) in [7, 11) is 0. The fourth-order valence-corrected chi connectivity index (χ4v) is 2.53. The number of carbonyl (C=O) groups excluding carboxylic acids is 2. The van der Waals surface area contributed by atoms with Crippen LogP contribution in [-0.4, -0.2) is 52.7 Å². The molecule has 3 rings (SSSR count). The zero-order valence-corrected chi connectivity index (χ0v) is 11.3. The van der Waals surface area contributed by atoms with Crippen molar-refractivity contribution in [2.45, 2.75) is 6.92 Å². The Balaban J connectivity index is 1.94. The molecular formula is C14H16N4O2. The Morgan fingerprint density at radius 3 is 2.80 bits per heavy atom. The summed E-state index contributed by atoms with van der Waals surface area (Å²) >= 11 is 0. The summed E-state index contributed by atoms with van der Waals surface area (Å²) in [4.78, 5) is 33.4. The van der Waals surface area contributed by atoms with Crippen molar-refractivity contribution in [3.8, 4) is 0 Å². The van der Waals surface area contributed by atoms with E-state index >= 15 is 0 Å². The molecule has 0 bridgehead atoms. The molecule has 20 heavy (non-hydrogen) atoms. The van der Waals surface area contributed by atoms with Gasteiger partial charge in [-0.1, -0.05) is 0 Å². The molecule has 1 fully saturated rings. The van der Waals surface area contributed by atoms with Crippen LogP contribution in [0.5, 0.6) is 0 Å². The molecule has 6 heteroatoms. The number of nitrogens with one attached hydrogen (secondary N) is 2. The highest BCUT2D eigenvalue weighted by Crippen LogP contribution is 2.21. The van der Waals surface area contributed by atoms with Gasteiger partial charge >= 0.3 is 0 Å². The first-order chi connectivity index (χ1) is 9.68. The molecule has 1 aliphatic rings. The van der Waals surface area contributed by atoms with E-state index < -0.39 is 11.7 Å². The molecule has 2 aromatic rings. The van der Waals surface area contributed by atoms with Gasteiger partial charge in [0.2, 0.25) is 0 Å². The van der Waals surface area contributed by atoms with E-state index in [0.717, 1.165) is 24.0 Å². The largest absolute Gasteiger partial charge is 0.345 e.